The highest BCUT2D eigenvalue weighted by Gasteiger charge is 2.70. The molecule has 0 saturated heterocycles. The number of urea groups is 1. The number of ether oxygens (including phenoxy) is 1. The minimum Gasteiger partial charge on any atom is -0.481 e. The molecule has 2 amide bonds. The molecule has 5 fully saturated rings. The molecule has 0 aromatic heterocycles. The highest BCUT2D eigenvalue weighted by atomic mass is 35.5. The molecule has 276 valence electrons. The molecule has 6 rings (SSSR count). The number of carboxylic acids is 1. The fourth-order valence-corrected chi connectivity index (χ4v) is 12.6. The van der Waals surface area contributed by atoms with Crippen molar-refractivity contribution in [1.82, 2.24) is 10.6 Å². The van der Waals surface area contributed by atoms with Crippen LogP contribution in [0, 0.1) is 50.7 Å². The molecule has 9 heteroatoms. The van der Waals surface area contributed by atoms with E-state index < -0.39 is 22.9 Å². The molecule has 3 N–H and O–H groups in total. The van der Waals surface area contributed by atoms with Gasteiger partial charge in [-0.1, -0.05) is 48.5 Å². The number of carboxylic acid groups (broad SMARTS) is 1. The predicted molar refractivity (Wildman–Crippen MR) is 192 cm³/mol. The van der Waals surface area contributed by atoms with Crippen LogP contribution < -0.4 is 10.6 Å². The molecule has 0 radical (unpaired) electrons. The first-order valence-electron chi connectivity index (χ1n) is 19.0. The van der Waals surface area contributed by atoms with Gasteiger partial charge in [0.15, 0.2) is 5.78 Å². The monoisotopic (exact) mass is 702 g/mol. The summed E-state index contributed by atoms with van der Waals surface area (Å²) in [6, 6.07) is 0.131. The van der Waals surface area contributed by atoms with Crippen molar-refractivity contribution in [3.8, 4) is 0 Å². The number of nitrogens with one attached hydrogen (secondary N) is 2. The highest BCUT2D eigenvalue weighted by molar-refractivity contribution is 6.02. The SMILES string of the molecule is CC(C)C1=C2[C@H]3CC[C@@H]4[C@@]5(C)CC[C@H](OC(=O)CC(C)(C)C(=O)O)C(C)(C)[C@@H]5CC[C@@]4(C)[C@]3(C)CC[C@@]2(NC(=O)NC2CCC2)CC1=O.Cl. The molecule has 49 heavy (non-hydrogen) atoms. The zero-order valence-electron chi connectivity index (χ0n) is 31.6. The number of fused-ring (bicyclic) bond motifs is 7. The van der Waals surface area contributed by atoms with Gasteiger partial charge < -0.3 is 20.5 Å². The van der Waals surface area contributed by atoms with E-state index in [2.05, 4.69) is 59.1 Å². The number of hydrogen-bond acceptors (Lipinski definition) is 5. The first-order valence-corrected chi connectivity index (χ1v) is 19.0. The molecule has 0 aliphatic heterocycles. The Morgan fingerprint density at radius 2 is 1.57 bits per heavy atom. The highest BCUT2D eigenvalue weighted by Crippen LogP contribution is 2.76. The van der Waals surface area contributed by atoms with Crippen molar-refractivity contribution in [2.24, 2.45) is 50.7 Å². The third kappa shape index (κ3) is 5.77. The van der Waals surface area contributed by atoms with E-state index in [0.29, 0.717) is 18.3 Å². The van der Waals surface area contributed by atoms with Crippen LogP contribution in [0.3, 0.4) is 0 Å². The van der Waals surface area contributed by atoms with Crippen LogP contribution in [0.5, 0.6) is 0 Å². The van der Waals surface area contributed by atoms with Crippen molar-refractivity contribution in [2.45, 2.75) is 163 Å². The van der Waals surface area contributed by atoms with Crippen LogP contribution in [0.25, 0.3) is 0 Å². The Labute approximate surface area is 300 Å². The lowest BCUT2D eigenvalue weighted by atomic mass is 9.33. The van der Waals surface area contributed by atoms with Gasteiger partial charge in [-0.2, -0.15) is 0 Å². The number of carbonyl (C=O) groups excluding carboxylic acids is 3. The van der Waals surface area contributed by atoms with E-state index in [-0.39, 0.29) is 76.3 Å². The van der Waals surface area contributed by atoms with Crippen LogP contribution >= 0.6 is 12.4 Å². The van der Waals surface area contributed by atoms with Gasteiger partial charge in [0.05, 0.1) is 17.4 Å². The number of carbonyl (C=O) groups is 4. The molecule has 0 heterocycles. The summed E-state index contributed by atoms with van der Waals surface area (Å²) in [5.41, 5.74) is 0.386. The number of Topliss-reactive ketones (excluding diaryl/α,β-unsaturated/α-hetero) is 1. The minimum atomic E-state index is -1.16. The molecule has 6 aliphatic rings. The number of amides is 2. The van der Waals surface area contributed by atoms with Gasteiger partial charge in [0.1, 0.15) is 6.10 Å². The number of aliphatic carboxylic acids is 1. The van der Waals surface area contributed by atoms with Crippen LogP contribution in [0.1, 0.15) is 146 Å². The molecule has 0 aromatic carbocycles. The smallest absolute Gasteiger partial charge is 0.315 e. The standard InChI is InChI=1S/C40H62N2O6.ClH/c1-23(2)31-26(43)21-40(42-34(47)41-24-11-10-12-24)20-19-38(8)25(32(31)40)13-14-28-37(7)17-16-29(48-30(44)22-35(3,4)33(45)46)36(5,6)27(37)15-18-39(28,38)9;/h23-25,27-29H,10-22H2,1-9H3,(H,45,46)(H2,41,42,47);1H/t25-,27+,28-,29+,37+,38-,39-,40-;/m1./s1. The Hall–Kier alpha value is -2.09. The molecular weight excluding hydrogens is 640 g/mol. The van der Waals surface area contributed by atoms with Crippen molar-refractivity contribution in [3.63, 3.8) is 0 Å². The third-order valence-corrected chi connectivity index (χ3v) is 15.6. The maximum atomic E-state index is 13.8. The molecule has 5 saturated carbocycles. The van der Waals surface area contributed by atoms with Crippen LogP contribution in [0.15, 0.2) is 11.1 Å². The van der Waals surface area contributed by atoms with Crippen molar-refractivity contribution >= 4 is 36.2 Å². The Morgan fingerprint density at radius 3 is 2.16 bits per heavy atom. The van der Waals surface area contributed by atoms with E-state index in [0.717, 1.165) is 76.2 Å². The van der Waals surface area contributed by atoms with Gasteiger partial charge in [0.25, 0.3) is 0 Å². The summed E-state index contributed by atoms with van der Waals surface area (Å²) < 4.78 is 6.14. The van der Waals surface area contributed by atoms with Gasteiger partial charge in [0, 0.05) is 17.9 Å². The number of allylic oxidation sites excluding steroid dienone is 1. The van der Waals surface area contributed by atoms with Gasteiger partial charge >= 0.3 is 18.0 Å². The second-order valence-corrected chi connectivity index (χ2v) is 19.2. The van der Waals surface area contributed by atoms with Crippen molar-refractivity contribution in [1.29, 1.82) is 0 Å². The lowest BCUT2D eigenvalue weighted by Crippen LogP contribution is -2.67. The number of esters is 1. The van der Waals surface area contributed by atoms with Gasteiger partial charge in [-0.05, 0) is 136 Å². The summed E-state index contributed by atoms with van der Waals surface area (Å²) in [7, 11) is 0. The minimum absolute atomic E-state index is 0. The second kappa shape index (κ2) is 12.5. The summed E-state index contributed by atoms with van der Waals surface area (Å²) in [6.07, 6.45) is 11.0. The third-order valence-electron chi connectivity index (χ3n) is 15.6. The largest absolute Gasteiger partial charge is 0.481 e. The first-order chi connectivity index (χ1) is 22.2. The molecule has 8 atom stereocenters. The summed E-state index contributed by atoms with van der Waals surface area (Å²) in [6.45, 7) is 19.6. The first kappa shape index (κ1) is 38.1. The van der Waals surface area contributed by atoms with E-state index in [1.54, 1.807) is 13.8 Å². The summed E-state index contributed by atoms with van der Waals surface area (Å²) in [5, 5.41) is 16.2. The molecule has 0 aromatic rings. The zero-order chi connectivity index (χ0) is 35.2. The van der Waals surface area contributed by atoms with Crippen molar-refractivity contribution in [3.05, 3.63) is 11.1 Å². The Balaban J connectivity index is 0.00000468. The molecule has 6 aliphatic carbocycles. The Morgan fingerprint density at radius 1 is 0.898 bits per heavy atom. The molecule has 8 nitrogen and oxygen atoms in total. The normalized spacial score (nSPS) is 39.8. The van der Waals surface area contributed by atoms with Crippen molar-refractivity contribution in [2.75, 3.05) is 0 Å². The number of rotatable bonds is 7. The fourth-order valence-electron chi connectivity index (χ4n) is 12.6. The Kier molecular flexibility index (Phi) is 9.77. The van der Waals surface area contributed by atoms with E-state index in [1.807, 2.05) is 0 Å². The zero-order valence-corrected chi connectivity index (χ0v) is 32.4. The van der Waals surface area contributed by atoms with E-state index in [1.165, 1.54) is 5.57 Å². The van der Waals surface area contributed by atoms with E-state index in [4.69, 9.17) is 4.74 Å². The fraction of sp³-hybridized carbons (Fsp3) is 0.850. The Bertz CT molecular complexity index is 1420. The maximum absolute atomic E-state index is 13.8. The lowest BCUT2D eigenvalue weighted by Gasteiger charge is -2.72. The van der Waals surface area contributed by atoms with E-state index in [9.17, 15) is 24.3 Å². The predicted octanol–water partition coefficient (Wildman–Crippen LogP) is 8.41. The number of hydrogen-bond donors (Lipinski definition) is 3. The number of halogens is 1. The van der Waals surface area contributed by atoms with Crippen molar-refractivity contribution < 1.29 is 29.0 Å². The second-order valence-electron chi connectivity index (χ2n) is 19.2. The number of ketones is 1. The van der Waals surface area contributed by atoms with E-state index >= 15 is 0 Å². The van der Waals surface area contributed by atoms with Gasteiger partial charge in [0.2, 0.25) is 0 Å². The average Bonchev–Trinajstić information content (AvgIpc) is 3.24. The molecular formula is C40H63ClN2O6. The summed E-state index contributed by atoms with van der Waals surface area (Å²) >= 11 is 0. The maximum Gasteiger partial charge on any atom is 0.315 e. The topological polar surface area (TPSA) is 122 Å². The van der Waals surface area contributed by atoms with Crippen LogP contribution in [0.4, 0.5) is 4.79 Å². The molecule has 0 bridgehead atoms. The van der Waals surface area contributed by atoms with Gasteiger partial charge in [-0.15, -0.1) is 12.4 Å². The average molecular weight is 703 g/mol. The van der Waals surface area contributed by atoms with Crippen LogP contribution in [0.2, 0.25) is 0 Å². The van der Waals surface area contributed by atoms with Crippen LogP contribution in [-0.2, 0) is 19.1 Å². The van der Waals surface area contributed by atoms with Gasteiger partial charge in [-0.3, -0.25) is 14.4 Å². The lowest BCUT2D eigenvalue weighted by molar-refractivity contribution is -0.232. The van der Waals surface area contributed by atoms with Crippen LogP contribution in [-0.4, -0.2) is 46.5 Å². The van der Waals surface area contributed by atoms with Gasteiger partial charge in [-0.25, -0.2) is 4.79 Å². The summed E-state index contributed by atoms with van der Waals surface area (Å²) in [5.74, 6) is 0.0535. The molecule has 0 unspecified atom stereocenters. The molecule has 0 spiro atoms. The quantitative estimate of drug-likeness (QED) is 0.229. The summed E-state index contributed by atoms with van der Waals surface area (Å²) in [4.78, 5) is 52.0.